The Morgan fingerprint density at radius 1 is 1.10 bits per heavy atom. The molecule has 1 unspecified atom stereocenters. The van der Waals surface area contributed by atoms with E-state index in [1.807, 2.05) is 0 Å². The van der Waals surface area contributed by atoms with E-state index in [9.17, 15) is 0 Å². The molecule has 0 bridgehead atoms. The standard InChI is InChI=1S/C17H19BrIN/c1-2-20-12-14(16-5-3-4-6-17(16)18)11-13-7-9-15(19)10-8-13/h3-10,14,20H,2,11-12H2,1H3. The van der Waals surface area contributed by atoms with Crippen LogP contribution in [0.4, 0.5) is 0 Å². The predicted molar refractivity (Wildman–Crippen MR) is 98.3 cm³/mol. The molecule has 3 heteroatoms. The molecule has 20 heavy (non-hydrogen) atoms. The second kappa shape index (κ2) is 8.15. The van der Waals surface area contributed by atoms with Crippen LogP contribution in [0.5, 0.6) is 0 Å². The molecule has 2 aromatic carbocycles. The van der Waals surface area contributed by atoms with Crippen LogP contribution < -0.4 is 5.32 Å². The van der Waals surface area contributed by atoms with Crippen LogP contribution in [-0.2, 0) is 6.42 Å². The molecule has 0 heterocycles. The van der Waals surface area contributed by atoms with E-state index in [1.165, 1.54) is 19.2 Å². The molecule has 1 N–H and O–H groups in total. The van der Waals surface area contributed by atoms with E-state index < -0.39 is 0 Å². The summed E-state index contributed by atoms with van der Waals surface area (Å²) < 4.78 is 2.49. The van der Waals surface area contributed by atoms with Crippen molar-refractivity contribution in [2.24, 2.45) is 0 Å². The zero-order valence-electron chi connectivity index (χ0n) is 11.6. The largest absolute Gasteiger partial charge is 0.316 e. The molecule has 0 radical (unpaired) electrons. The normalized spacial score (nSPS) is 12.3. The molecule has 2 rings (SSSR count). The first-order valence-corrected chi connectivity index (χ1v) is 8.77. The van der Waals surface area contributed by atoms with Crippen molar-refractivity contribution in [1.29, 1.82) is 0 Å². The van der Waals surface area contributed by atoms with Crippen molar-refractivity contribution in [3.05, 3.63) is 67.7 Å². The van der Waals surface area contributed by atoms with E-state index in [1.54, 1.807) is 0 Å². The van der Waals surface area contributed by atoms with Gasteiger partial charge in [-0.2, -0.15) is 0 Å². The van der Waals surface area contributed by atoms with Crippen molar-refractivity contribution < 1.29 is 0 Å². The Balaban J connectivity index is 2.19. The quantitative estimate of drug-likeness (QED) is 0.620. The molecule has 0 amide bonds. The van der Waals surface area contributed by atoms with Gasteiger partial charge >= 0.3 is 0 Å². The summed E-state index contributed by atoms with van der Waals surface area (Å²) in [5, 5.41) is 3.48. The molecule has 0 saturated heterocycles. The zero-order chi connectivity index (χ0) is 14.4. The van der Waals surface area contributed by atoms with Gasteiger partial charge in [0.15, 0.2) is 0 Å². The Morgan fingerprint density at radius 2 is 1.80 bits per heavy atom. The maximum atomic E-state index is 3.68. The number of nitrogens with one attached hydrogen (secondary N) is 1. The van der Waals surface area contributed by atoms with E-state index in [0.29, 0.717) is 5.92 Å². The molecular weight excluding hydrogens is 425 g/mol. The maximum Gasteiger partial charge on any atom is 0.0210 e. The third-order valence-corrected chi connectivity index (χ3v) is 4.82. The summed E-state index contributed by atoms with van der Waals surface area (Å²) in [6, 6.07) is 17.4. The molecule has 0 aliphatic carbocycles. The highest BCUT2D eigenvalue weighted by Crippen LogP contribution is 2.27. The van der Waals surface area contributed by atoms with Gasteiger partial charge in [-0.15, -0.1) is 0 Å². The third kappa shape index (κ3) is 4.57. The fourth-order valence-corrected chi connectivity index (χ4v) is 3.29. The van der Waals surface area contributed by atoms with Gasteiger partial charge in [0.2, 0.25) is 0 Å². The predicted octanol–water partition coefficient (Wildman–Crippen LogP) is 4.99. The highest BCUT2D eigenvalue weighted by Gasteiger charge is 2.14. The highest BCUT2D eigenvalue weighted by atomic mass is 127. The lowest BCUT2D eigenvalue weighted by atomic mass is 9.92. The van der Waals surface area contributed by atoms with Gasteiger partial charge in [-0.1, -0.05) is 53.2 Å². The van der Waals surface area contributed by atoms with E-state index >= 15 is 0 Å². The van der Waals surface area contributed by atoms with Crippen molar-refractivity contribution >= 4 is 38.5 Å². The molecular formula is C17H19BrIN. The monoisotopic (exact) mass is 443 g/mol. The lowest BCUT2D eigenvalue weighted by Crippen LogP contribution is -2.23. The first-order valence-electron chi connectivity index (χ1n) is 6.90. The topological polar surface area (TPSA) is 12.0 Å². The molecule has 0 aromatic heterocycles. The highest BCUT2D eigenvalue weighted by molar-refractivity contribution is 14.1. The summed E-state index contributed by atoms with van der Waals surface area (Å²) >= 11 is 6.03. The van der Waals surface area contributed by atoms with Crippen LogP contribution in [0.3, 0.4) is 0 Å². The number of hydrogen-bond acceptors (Lipinski definition) is 1. The van der Waals surface area contributed by atoms with Gasteiger partial charge in [0.1, 0.15) is 0 Å². The summed E-state index contributed by atoms with van der Waals surface area (Å²) in [5.41, 5.74) is 2.77. The Kier molecular flexibility index (Phi) is 6.52. The van der Waals surface area contributed by atoms with Crippen LogP contribution in [0.1, 0.15) is 24.0 Å². The van der Waals surface area contributed by atoms with E-state index in [2.05, 4.69) is 99.3 Å². The second-order valence-corrected chi connectivity index (χ2v) is 6.96. The molecule has 1 nitrogen and oxygen atoms in total. The Hall–Kier alpha value is -0.390. The van der Waals surface area contributed by atoms with Crippen LogP contribution in [-0.4, -0.2) is 13.1 Å². The number of benzene rings is 2. The lowest BCUT2D eigenvalue weighted by molar-refractivity contribution is 0.593. The summed E-state index contributed by atoms with van der Waals surface area (Å²) in [7, 11) is 0. The van der Waals surface area contributed by atoms with Gasteiger partial charge < -0.3 is 5.32 Å². The number of rotatable bonds is 6. The molecule has 106 valence electrons. The summed E-state index contributed by atoms with van der Waals surface area (Å²) in [6.07, 6.45) is 1.06. The van der Waals surface area contributed by atoms with Gasteiger partial charge in [-0.25, -0.2) is 0 Å². The van der Waals surface area contributed by atoms with Crippen molar-refractivity contribution in [3.8, 4) is 0 Å². The van der Waals surface area contributed by atoms with E-state index in [-0.39, 0.29) is 0 Å². The van der Waals surface area contributed by atoms with Crippen molar-refractivity contribution in [2.45, 2.75) is 19.3 Å². The fraction of sp³-hybridized carbons (Fsp3) is 0.294. The molecule has 2 aromatic rings. The Labute approximate surface area is 143 Å². The Morgan fingerprint density at radius 3 is 2.45 bits per heavy atom. The van der Waals surface area contributed by atoms with Crippen LogP contribution in [0.15, 0.2) is 53.0 Å². The first-order chi connectivity index (χ1) is 9.70. The van der Waals surface area contributed by atoms with Gasteiger partial charge in [0.25, 0.3) is 0 Å². The van der Waals surface area contributed by atoms with Crippen molar-refractivity contribution in [2.75, 3.05) is 13.1 Å². The number of hydrogen-bond donors (Lipinski definition) is 1. The van der Waals surface area contributed by atoms with Crippen LogP contribution in [0, 0.1) is 3.57 Å². The summed E-state index contributed by atoms with van der Waals surface area (Å²) in [5.74, 6) is 0.491. The zero-order valence-corrected chi connectivity index (χ0v) is 15.3. The van der Waals surface area contributed by atoms with Crippen molar-refractivity contribution in [3.63, 3.8) is 0 Å². The van der Waals surface area contributed by atoms with Gasteiger partial charge in [0.05, 0.1) is 0 Å². The summed E-state index contributed by atoms with van der Waals surface area (Å²) in [6.45, 7) is 4.17. The minimum absolute atomic E-state index is 0.491. The second-order valence-electron chi connectivity index (χ2n) is 4.86. The van der Waals surface area contributed by atoms with Gasteiger partial charge in [-0.05, 0) is 64.9 Å². The first kappa shape index (κ1) is 16.0. The minimum atomic E-state index is 0.491. The molecule has 0 spiro atoms. The molecule has 0 saturated carbocycles. The van der Waals surface area contributed by atoms with Gasteiger partial charge in [-0.3, -0.25) is 0 Å². The third-order valence-electron chi connectivity index (χ3n) is 3.38. The molecule has 1 atom stereocenters. The molecule has 0 fully saturated rings. The minimum Gasteiger partial charge on any atom is -0.316 e. The number of halogens is 2. The smallest absolute Gasteiger partial charge is 0.0210 e. The van der Waals surface area contributed by atoms with Gasteiger partial charge in [0, 0.05) is 20.5 Å². The average Bonchev–Trinajstić information content (AvgIpc) is 2.46. The average molecular weight is 444 g/mol. The molecule has 0 aliphatic rings. The number of likely N-dealkylation sites (N-methyl/N-ethyl adjacent to an activating group) is 1. The SMILES string of the molecule is CCNCC(Cc1ccc(I)cc1)c1ccccc1Br. The maximum absolute atomic E-state index is 3.68. The van der Waals surface area contributed by atoms with E-state index in [0.717, 1.165) is 19.5 Å². The molecule has 0 aliphatic heterocycles. The Bertz CT molecular complexity index is 539. The van der Waals surface area contributed by atoms with Crippen molar-refractivity contribution in [1.82, 2.24) is 5.32 Å². The summed E-state index contributed by atoms with van der Waals surface area (Å²) in [4.78, 5) is 0. The lowest BCUT2D eigenvalue weighted by Gasteiger charge is -2.19. The van der Waals surface area contributed by atoms with Crippen LogP contribution >= 0.6 is 38.5 Å². The van der Waals surface area contributed by atoms with E-state index in [4.69, 9.17) is 0 Å². The van der Waals surface area contributed by atoms with Crippen LogP contribution in [0.25, 0.3) is 0 Å². The fourth-order valence-electron chi connectivity index (χ4n) is 2.32. The van der Waals surface area contributed by atoms with Crippen LogP contribution in [0.2, 0.25) is 0 Å².